The van der Waals surface area contributed by atoms with E-state index >= 15 is 0 Å². The van der Waals surface area contributed by atoms with Gasteiger partial charge in [0.15, 0.2) is 0 Å². The lowest BCUT2D eigenvalue weighted by Gasteiger charge is -2.08. The van der Waals surface area contributed by atoms with E-state index in [1.54, 1.807) is 42.5 Å². The van der Waals surface area contributed by atoms with E-state index in [9.17, 15) is 14.3 Å². The molecule has 124 valence electrons. The first-order chi connectivity index (χ1) is 12.1. The molecule has 6 heteroatoms. The summed E-state index contributed by atoms with van der Waals surface area (Å²) in [5.74, 6) is -0.651. The van der Waals surface area contributed by atoms with Crippen molar-refractivity contribution >= 4 is 33.2 Å². The van der Waals surface area contributed by atoms with Gasteiger partial charge in [-0.25, -0.2) is 4.39 Å². The van der Waals surface area contributed by atoms with E-state index in [0.717, 1.165) is 11.3 Å². The third-order valence-corrected chi connectivity index (χ3v) is 5.31. The molecule has 2 aromatic carbocycles. The van der Waals surface area contributed by atoms with Crippen molar-refractivity contribution in [1.82, 2.24) is 4.98 Å². The Balaban J connectivity index is 2.12. The number of nitrogens with one attached hydrogen (secondary N) is 1. The number of pyridine rings is 1. The van der Waals surface area contributed by atoms with E-state index in [1.165, 1.54) is 6.07 Å². The minimum atomic E-state index is -0.448. The van der Waals surface area contributed by atoms with Gasteiger partial charge in [0, 0.05) is 11.1 Å². The van der Waals surface area contributed by atoms with Crippen LogP contribution in [0.25, 0.3) is 32.5 Å². The quantitative estimate of drug-likeness (QED) is 0.494. The van der Waals surface area contributed by atoms with Crippen molar-refractivity contribution in [3.8, 4) is 28.0 Å². The molecular formula is C19H11ClFNO2S. The number of aromatic amines is 1. The van der Waals surface area contributed by atoms with Crippen LogP contribution in [-0.2, 0) is 0 Å². The highest BCUT2D eigenvalue weighted by Crippen LogP contribution is 2.47. The van der Waals surface area contributed by atoms with E-state index in [2.05, 4.69) is 4.98 Å². The lowest BCUT2D eigenvalue weighted by atomic mass is 10.0. The standard InChI is InChI=1S/C19H11ClFNO2S/c20-17-14(11-8-4-5-9-12(11)21)15-16(23)13(10-6-2-1-3-7-10)18(24)22-19(15)25-17/h1-9H,(H2,22,23,24). The SMILES string of the molecule is O=c1[nH]c2sc(Cl)c(-c3ccccc3F)c2c(O)c1-c1ccccc1. The predicted molar refractivity (Wildman–Crippen MR) is 100.0 cm³/mol. The Morgan fingerprint density at radius 2 is 1.68 bits per heavy atom. The number of rotatable bonds is 2. The summed E-state index contributed by atoms with van der Waals surface area (Å²) < 4.78 is 14.6. The van der Waals surface area contributed by atoms with Crippen molar-refractivity contribution in [3.63, 3.8) is 0 Å². The molecule has 3 nitrogen and oxygen atoms in total. The average Bonchev–Trinajstić information content (AvgIpc) is 2.92. The van der Waals surface area contributed by atoms with E-state index < -0.39 is 11.4 Å². The van der Waals surface area contributed by atoms with E-state index in [1.807, 2.05) is 6.07 Å². The highest BCUT2D eigenvalue weighted by Gasteiger charge is 2.23. The lowest BCUT2D eigenvalue weighted by Crippen LogP contribution is -2.08. The van der Waals surface area contributed by atoms with Crippen molar-refractivity contribution < 1.29 is 9.50 Å². The van der Waals surface area contributed by atoms with Crippen molar-refractivity contribution in [1.29, 1.82) is 0 Å². The van der Waals surface area contributed by atoms with Crippen LogP contribution in [0.2, 0.25) is 4.34 Å². The van der Waals surface area contributed by atoms with Crippen LogP contribution in [0.5, 0.6) is 5.75 Å². The third kappa shape index (κ3) is 2.52. The summed E-state index contributed by atoms with van der Waals surface area (Å²) >= 11 is 7.41. The maximum atomic E-state index is 14.3. The molecule has 0 spiro atoms. The minimum absolute atomic E-state index is 0.139. The number of aromatic hydroxyl groups is 1. The molecule has 4 rings (SSSR count). The van der Waals surface area contributed by atoms with E-state index in [-0.39, 0.29) is 16.9 Å². The second-order valence-electron chi connectivity index (χ2n) is 5.48. The number of aromatic nitrogens is 1. The highest BCUT2D eigenvalue weighted by molar-refractivity contribution is 7.23. The summed E-state index contributed by atoms with van der Waals surface area (Å²) in [5, 5.41) is 11.2. The predicted octanol–water partition coefficient (Wildman–Crippen LogP) is 5.42. The molecule has 0 bridgehead atoms. The zero-order valence-corrected chi connectivity index (χ0v) is 14.3. The summed E-state index contributed by atoms with van der Waals surface area (Å²) in [4.78, 5) is 15.6. The largest absolute Gasteiger partial charge is 0.506 e. The fraction of sp³-hybridized carbons (Fsp3) is 0. The molecule has 4 aromatic rings. The van der Waals surface area contributed by atoms with Crippen LogP contribution >= 0.6 is 22.9 Å². The van der Waals surface area contributed by atoms with Gasteiger partial charge in [-0.15, -0.1) is 11.3 Å². The average molecular weight is 372 g/mol. The molecule has 0 atom stereocenters. The molecular weight excluding hydrogens is 361 g/mol. The maximum Gasteiger partial charge on any atom is 0.260 e. The highest BCUT2D eigenvalue weighted by atomic mass is 35.5. The molecule has 0 amide bonds. The molecule has 2 aromatic heterocycles. The van der Waals surface area contributed by atoms with Gasteiger partial charge in [0.05, 0.1) is 10.9 Å². The van der Waals surface area contributed by atoms with Gasteiger partial charge >= 0.3 is 0 Å². The van der Waals surface area contributed by atoms with Crippen LogP contribution in [0.15, 0.2) is 59.4 Å². The van der Waals surface area contributed by atoms with Crippen molar-refractivity contribution in [2.75, 3.05) is 0 Å². The summed E-state index contributed by atoms with van der Waals surface area (Å²) in [6.45, 7) is 0. The monoisotopic (exact) mass is 371 g/mol. The minimum Gasteiger partial charge on any atom is -0.506 e. The first-order valence-corrected chi connectivity index (χ1v) is 8.65. The van der Waals surface area contributed by atoms with Crippen LogP contribution in [-0.4, -0.2) is 10.1 Å². The van der Waals surface area contributed by atoms with Crippen molar-refractivity contribution in [3.05, 3.63) is 75.1 Å². The summed E-state index contributed by atoms with van der Waals surface area (Å²) in [6.07, 6.45) is 0. The van der Waals surface area contributed by atoms with Crippen LogP contribution in [0, 0.1) is 5.82 Å². The van der Waals surface area contributed by atoms with Gasteiger partial charge in [0.2, 0.25) is 0 Å². The maximum absolute atomic E-state index is 14.3. The Morgan fingerprint density at radius 1 is 1.00 bits per heavy atom. The molecule has 0 saturated heterocycles. The Bertz CT molecular complexity index is 1150. The first kappa shape index (κ1) is 15.9. The van der Waals surface area contributed by atoms with E-state index in [4.69, 9.17) is 11.6 Å². The number of hydrogen-bond acceptors (Lipinski definition) is 3. The molecule has 0 aliphatic carbocycles. The molecule has 0 aliphatic heterocycles. The normalized spacial score (nSPS) is 11.1. The van der Waals surface area contributed by atoms with Crippen molar-refractivity contribution in [2.24, 2.45) is 0 Å². The van der Waals surface area contributed by atoms with Crippen LogP contribution in [0.3, 0.4) is 0 Å². The number of halogens is 2. The number of fused-ring (bicyclic) bond motifs is 1. The zero-order valence-electron chi connectivity index (χ0n) is 12.7. The van der Waals surface area contributed by atoms with Gasteiger partial charge in [0.1, 0.15) is 20.7 Å². The molecule has 0 fully saturated rings. The number of H-pyrrole nitrogens is 1. The van der Waals surface area contributed by atoms with Gasteiger partial charge in [-0.3, -0.25) is 4.79 Å². The molecule has 0 saturated carbocycles. The van der Waals surface area contributed by atoms with Crippen LogP contribution in [0.1, 0.15) is 0 Å². The molecule has 2 heterocycles. The van der Waals surface area contributed by atoms with Gasteiger partial charge in [-0.05, 0) is 11.6 Å². The van der Waals surface area contributed by atoms with Gasteiger partial charge < -0.3 is 10.1 Å². The summed E-state index contributed by atoms with van der Waals surface area (Å²) in [7, 11) is 0. The van der Waals surface area contributed by atoms with Gasteiger partial charge in [0.25, 0.3) is 5.56 Å². The van der Waals surface area contributed by atoms with Gasteiger partial charge in [-0.1, -0.05) is 60.1 Å². The molecule has 0 aliphatic rings. The summed E-state index contributed by atoms with van der Waals surface area (Å²) in [5.41, 5.74) is 0.949. The first-order valence-electron chi connectivity index (χ1n) is 7.45. The number of benzene rings is 2. The Morgan fingerprint density at radius 3 is 2.40 bits per heavy atom. The Hall–Kier alpha value is -2.63. The Labute approximate surface area is 151 Å². The van der Waals surface area contributed by atoms with Crippen LogP contribution < -0.4 is 5.56 Å². The summed E-state index contributed by atoms with van der Waals surface area (Å²) in [6, 6.07) is 15.0. The van der Waals surface area contributed by atoms with Crippen molar-refractivity contribution in [2.45, 2.75) is 0 Å². The fourth-order valence-electron chi connectivity index (χ4n) is 2.89. The second kappa shape index (κ2) is 6.02. The molecule has 25 heavy (non-hydrogen) atoms. The number of hydrogen-bond donors (Lipinski definition) is 2. The lowest BCUT2D eigenvalue weighted by molar-refractivity contribution is 0.483. The number of thiophene rings is 1. The molecule has 0 unspecified atom stereocenters. The topological polar surface area (TPSA) is 53.1 Å². The third-order valence-electron chi connectivity index (χ3n) is 4.00. The smallest absolute Gasteiger partial charge is 0.260 e. The second-order valence-corrected chi connectivity index (χ2v) is 7.10. The molecule has 2 N–H and O–H groups in total. The fourth-order valence-corrected chi connectivity index (χ4v) is 4.26. The Kier molecular flexibility index (Phi) is 3.82. The molecule has 0 radical (unpaired) electrons. The zero-order chi connectivity index (χ0) is 17.6. The van der Waals surface area contributed by atoms with Gasteiger partial charge in [-0.2, -0.15) is 0 Å². The van der Waals surface area contributed by atoms with E-state index in [0.29, 0.717) is 25.7 Å². The van der Waals surface area contributed by atoms with Crippen LogP contribution in [0.4, 0.5) is 4.39 Å².